The third-order valence-electron chi connectivity index (χ3n) is 1.71. The molecule has 80 valence electrons. The second-order valence-electron chi connectivity index (χ2n) is 3.45. The zero-order chi connectivity index (χ0) is 9.94. The predicted molar refractivity (Wildman–Crippen MR) is 54.9 cm³/mol. The van der Waals surface area contributed by atoms with Gasteiger partial charge in [-0.25, -0.2) is 0 Å². The summed E-state index contributed by atoms with van der Waals surface area (Å²) in [7, 11) is 0. The maximum atomic E-state index is 8.51. The van der Waals surface area contributed by atoms with Crippen LogP contribution in [0.25, 0.3) is 0 Å². The highest BCUT2D eigenvalue weighted by atomic mass is 16.5. The van der Waals surface area contributed by atoms with Crippen molar-refractivity contribution in [3.8, 4) is 0 Å². The van der Waals surface area contributed by atoms with Crippen molar-refractivity contribution >= 4 is 0 Å². The first-order chi connectivity index (χ1) is 6.27. The van der Waals surface area contributed by atoms with Crippen LogP contribution in [0.2, 0.25) is 0 Å². The van der Waals surface area contributed by atoms with Crippen molar-refractivity contribution in [2.24, 2.45) is 0 Å². The van der Waals surface area contributed by atoms with Crippen molar-refractivity contribution in [1.29, 1.82) is 0 Å². The lowest BCUT2D eigenvalue weighted by atomic mass is 10.3. The molecule has 0 unspecified atom stereocenters. The molecule has 0 aromatic heterocycles. The third kappa shape index (κ3) is 11.9. The van der Waals surface area contributed by atoms with Crippen molar-refractivity contribution < 1.29 is 9.84 Å². The quantitative estimate of drug-likeness (QED) is 0.535. The summed E-state index contributed by atoms with van der Waals surface area (Å²) in [5.74, 6) is 0. The van der Waals surface area contributed by atoms with Gasteiger partial charge in [-0.15, -0.1) is 0 Å². The van der Waals surface area contributed by atoms with E-state index < -0.39 is 0 Å². The minimum absolute atomic E-state index is 0.281. The molecule has 0 fully saturated rings. The standard InChI is InChI=1S/C10H23NO2/c1-10(2)13-9-4-3-6-11-7-5-8-12/h10-12H,3-9H2,1-2H3. The number of hydrogen-bond acceptors (Lipinski definition) is 3. The van der Waals surface area contributed by atoms with Crippen LogP contribution in [0.4, 0.5) is 0 Å². The normalized spacial score (nSPS) is 11.1. The van der Waals surface area contributed by atoms with Gasteiger partial charge in [-0.3, -0.25) is 0 Å². The minimum Gasteiger partial charge on any atom is -0.396 e. The van der Waals surface area contributed by atoms with E-state index >= 15 is 0 Å². The van der Waals surface area contributed by atoms with Crippen LogP contribution in [0.15, 0.2) is 0 Å². The number of ether oxygens (including phenoxy) is 1. The predicted octanol–water partition coefficient (Wildman–Crippen LogP) is 1.16. The Hall–Kier alpha value is -0.120. The first-order valence-electron chi connectivity index (χ1n) is 5.20. The summed E-state index contributed by atoms with van der Waals surface area (Å²) < 4.78 is 5.40. The fourth-order valence-corrected chi connectivity index (χ4v) is 1.00. The molecule has 0 saturated carbocycles. The molecule has 0 bridgehead atoms. The van der Waals surface area contributed by atoms with E-state index in [0.29, 0.717) is 6.10 Å². The van der Waals surface area contributed by atoms with Crippen molar-refractivity contribution in [2.75, 3.05) is 26.3 Å². The largest absolute Gasteiger partial charge is 0.396 e. The highest BCUT2D eigenvalue weighted by molar-refractivity contribution is 4.48. The number of hydrogen-bond donors (Lipinski definition) is 2. The second kappa shape index (κ2) is 9.96. The highest BCUT2D eigenvalue weighted by Crippen LogP contribution is 1.93. The Balaban J connectivity index is 2.84. The van der Waals surface area contributed by atoms with Gasteiger partial charge in [0, 0.05) is 13.2 Å². The fourth-order valence-electron chi connectivity index (χ4n) is 1.00. The van der Waals surface area contributed by atoms with E-state index in [1.165, 1.54) is 0 Å². The average Bonchev–Trinajstić information content (AvgIpc) is 2.09. The monoisotopic (exact) mass is 189 g/mol. The van der Waals surface area contributed by atoms with Crippen molar-refractivity contribution in [3.63, 3.8) is 0 Å². The third-order valence-corrected chi connectivity index (χ3v) is 1.71. The van der Waals surface area contributed by atoms with E-state index in [9.17, 15) is 0 Å². The summed E-state index contributed by atoms with van der Waals surface area (Å²) in [6.07, 6.45) is 3.47. The van der Waals surface area contributed by atoms with Crippen LogP contribution in [-0.2, 0) is 4.74 Å². The van der Waals surface area contributed by atoms with E-state index in [1.54, 1.807) is 0 Å². The molecule has 3 nitrogen and oxygen atoms in total. The number of nitrogens with one attached hydrogen (secondary N) is 1. The summed E-state index contributed by atoms with van der Waals surface area (Å²) >= 11 is 0. The van der Waals surface area contributed by atoms with Gasteiger partial charge >= 0.3 is 0 Å². The van der Waals surface area contributed by atoms with Gasteiger partial charge in [0.1, 0.15) is 0 Å². The van der Waals surface area contributed by atoms with Gasteiger partial charge in [-0.2, -0.15) is 0 Å². The Bertz CT molecular complexity index is 96.9. The first-order valence-corrected chi connectivity index (χ1v) is 5.20. The van der Waals surface area contributed by atoms with Gasteiger partial charge in [-0.05, 0) is 46.2 Å². The number of unbranched alkanes of at least 4 members (excludes halogenated alkanes) is 1. The first kappa shape index (κ1) is 12.9. The molecule has 2 N–H and O–H groups in total. The molecule has 0 saturated heterocycles. The van der Waals surface area contributed by atoms with E-state index in [-0.39, 0.29) is 6.61 Å². The molecule has 0 aliphatic rings. The van der Waals surface area contributed by atoms with Crippen molar-refractivity contribution in [3.05, 3.63) is 0 Å². The smallest absolute Gasteiger partial charge is 0.0518 e. The van der Waals surface area contributed by atoms with Crippen molar-refractivity contribution in [1.82, 2.24) is 5.32 Å². The zero-order valence-electron chi connectivity index (χ0n) is 8.88. The summed E-state index contributed by atoms with van der Waals surface area (Å²) in [6.45, 7) is 7.20. The SMILES string of the molecule is CC(C)OCCCCNCCCO. The van der Waals surface area contributed by atoms with Gasteiger partial charge in [0.15, 0.2) is 0 Å². The van der Waals surface area contributed by atoms with E-state index in [2.05, 4.69) is 19.2 Å². The second-order valence-corrected chi connectivity index (χ2v) is 3.45. The van der Waals surface area contributed by atoms with E-state index in [1.807, 2.05) is 0 Å². The van der Waals surface area contributed by atoms with Crippen LogP contribution >= 0.6 is 0 Å². The minimum atomic E-state index is 0.281. The lowest BCUT2D eigenvalue weighted by Crippen LogP contribution is -2.18. The molecule has 0 atom stereocenters. The Kier molecular flexibility index (Phi) is 9.87. The molecule has 0 radical (unpaired) electrons. The Labute approximate surface area is 81.5 Å². The fraction of sp³-hybridized carbons (Fsp3) is 1.00. The van der Waals surface area contributed by atoms with Gasteiger partial charge in [0.25, 0.3) is 0 Å². The Morgan fingerprint density at radius 2 is 1.85 bits per heavy atom. The molecule has 0 heterocycles. The molecule has 0 rings (SSSR count). The summed E-state index contributed by atoms with van der Waals surface area (Å²) in [5, 5.41) is 11.8. The van der Waals surface area contributed by atoms with Crippen LogP contribution in [0.5, 0.6) is 0 Å². The molecule has 0 amide bonds. The molecule has 0 spiro atoms. The Morgan fingerprint density at radius 1 is 1.15 bits per heavy atom. The molecule has 3 heteroatoms. The molecule has 0 aromatic carbocycles. The summed E-state index contributed by atoms with van der Waals surface area (Å²) in [6, 6.07) is 0. The van der Waals surface area contributed by atoms with Crippen LogP contribution in [0, 0.1) is 0 Å². The van der Waals surface area contributed by atoms with Crippen molar-refractivity contribution in [2.45, 2.75) is 39.2 Å². The molecular weight excluding hydrogens is 166 g/mol. The molecule has 0 aliphatic carbocycles. The van der Waals surface area contributed by atoms with Crippen LogP contribution in [0.3, 0.4) is 0 Å². The number of aliphatic hydroxyl groups excluding tert-OH is 1. The van der Waals surface area contributed by atoms with Gasteiger partial charge in [-0.1, -0.05) is 0 Å². The van der Waals surface area contributed by atoms with E-state index in [4.69, 9.17) is 9.84 Å². The molecular formula is C10H23NO2. The van der Waals surface area contributed by atoms with Gasteiger partial charge in [0.05, 0.1) is 6.10 Å². The average molecular weight is 189 g/mol. The summed E-state index contributed by atoms with van der Waals surface area (Å²) in [5.41, 5.74) is 0. The van der Waals surface area contributed by atoms with E-state index in [0.717, 1.165) is 39.0 Å². The van der Waals surface area contributed by atoms with Crippen LogP contribution in [-0.4, -0.2) is 37.5 Å². The summed E-state index contributed by atoms with van der Waals surface area (Å²) in [4.78, 5) is 0. The maximum Gasteiger partial charge on any atom is 0.0518 e. The lowest BCUT2D eigenvalue weighted by Gasteiger charge is -2.07. The van der Waals surface area contributed by atoms with Gasteiger partial charge in [0.2, 0.25) is 0 Å². The van der Waals surface area contributed by atoms with Gasteiger partial charge < -0.3 is 15.2 Å². The molecule has 13 heavy (non-hydrogen) atoms. The van der Waals surface area contributed by atoms with Crippen LogP contribution in [0.1, 0.15) is 33.1 Å². The topological polar surface area (TPSA) is 41.5 Å². The van der Waals surface area contributed by atoms with Crippen LogP contribution < -0.4 is 5.32 Å². The highest BCUT2D eigenvalue weighted by Gasteiger charge is 1.92. The molecule has 0 aromatic rings. The molecule has 0 aliphatic heterocycles. The number of rotatable bonds is 9. The Morgan fingerprint density at radius 3 is 2.46 bits per heavy atom. The maximum absolute atomic E-state index is 8.51. The number of aliphatic hydroxyl groups is 1. The zero-order valence-corrected chi connectivity index (χ0v) is 8.88. The lowest BCUT2D eigenvalue weighted by molar-refractivity contribution is 0.0760.